The largest absolute Gasteiger partial charge is 0.462 e. The van der Waals surface area contributed by atoms with Crippen molar-refractivity contribution in [2.45, 2.75) is 361 Å². The van der Waals surface area contributed by atoms with Crippen molar-refractivity contribution in [3.05, 3.63) is 36.5 Å². The molecule has 0 aromatic heterocycles. The van der Waals surface area contributed by atoms with E-state index in [1.165, 1.54) is 225 Å². The smallest absolute Gasteiger partial charge is 0.306 e. The van der Waals surface area contributed by atoms with Gasteiger partial charge in [-0.1, -0.05) is 295 Å². The van der Waals surface area contributed by atoms with E-state index in [4.69, 9.17) is 14.2 Å². The summed E-state index contributed by atoms with van der Waals surface area (Å²) in [5.41, 5.74) is 0. The third-order valence-electron chi connectivity index (χ3n) is 14.6. The Balaban J connectivity index is 4.25. The number of ether oxygens (including phenoxy) is 3. The molecule has 0 spiro atoms. The van der Waals surface area contributed by atoms with Gasteiger partial charge in [-0.3, -0.25) is 14.4 Å². The van der Waals surface area contributed by atoms with E-state index in [1.807, 2.05) is 0 Å². The lowest BCUT2D eigenvalue weighted by molar-refractivity contribution is -0.167. The van der Waals surface area contributed by atoms with Gasteiger partial charge in [0.25, 0.3) is 0 Å². The van der Waals surface area contributed by atoms with Gasteiger partial charge >= 0.3 is 17.9 Å². The molecular weight excluding hydrogens is 901 g/mol. The first kappa shape index (κ1) is 70.6. The highest BCUT2D eigenvalue weighted by molar-refractivity contribution is 5.71. The number of allylic oxidation sites excluding steroid dienone is 6. The van der Waals surface area contributed by atoms with Crippen LogP contribution in [0.4, 0.5) is 0 Å². The monoisotopic (exact) mass is 1020 g/mol. The van der Waals surface area contributed by atoms with Gasteiger partial charge in [-0.25, -0.2) is 0 Å². The highest BCUT2D eigenvalue weighted by atomic mass is 16.6. The summed E-state index contributed by atoms with van der Waals surface area (Å²) in [7, 11) is 0. The van der Waals surface area contributed by atoms with Crippen molar-refractivity contribution in [2.75, 3.05) is 13.2 Å². The predicted molar refractivity (Wildman–Crippen MR) is 316 cm³/mol. The van der Waals surface area contributed by atoms with E-state index in [-0.39, 0.29) is 31.1 Å². The SMILES string of the molecule is CCCCC/C=C\C/C=C\CCCCCCCC(=O)OC(COC(=O)CCCCCCC/C=C\CCCCCCCC)COC(=O)CCCCCCCCCCCCCCCCCCCCCCCCCCC. The van der Waals surface area contributed by atoms with Crippen molar-refractivity contribution in [3.63, 3.8) is 0 Å². The zero-order chi connectivity index (χ0) is 52.9. The summed E-state index contributed by atoms with van der Waals surface area (Å²) in [5.74, 6) is -0.877. The van der Waals surface area contributed by atoms with E-state index in [9.17, 15) is 14.4 Å². The van der Waals surface area contributed by atoms with Crippen LogP contribution in [-0.4, -0.2) is 37.2 Å². The maximum absolute atomic E-state index is 12.9. The van der Waals surface area contributed by atoms with E-state index in [2.05, 4.69) is 57.2 Å². The van der Waals surface area contributed by atoms with Crippen molar-refractivity contribution in [1.82, 2.24) is 0 Å². The molecule has 1 atom stereocenters. The van der Waals surface area contributed by atoms with Crippen LogP contribution in [0.15, 0.2) is 36.5 Å². The number of esters is 3. The lowest BCUT2D eigenvalue weighted by Crippen LogP contribution is -2.30. The second kappa shape index (κ2) is 62.2. The number of rotatable bonds is 60. The Morgan fingerprint density at radius 3 is 0.795 bits per heavy atom. The van der Waals surface area contributed by atoms with E-state index < -0.39 is 6.10 Å². The molecule has 0 aliphatic heterocycles. The zero-order valence-corrected chi connectivity index (χ0v) is 49.2. The van der Waals surface area contributed by atoms with Crippen molar-refractivity contribution in [3.8, 4) is 0 Å². The Labute approximate surface area is 455 Å². The molecular formula is C67H124O6. The topological polar surface area (TPSA) is 78.9 Å². The molecule has 6 nitrogen and oxygen atoms in total. The minimum Gasteiger partial charge on any atom is -0.462 e. The van der Waals surface area contributed by atoms with Crippen molar-refractivity contribution in [2.24, 2.45) is 0 Å². The van der Waals surface area contributed by atoms with Crippen molar-refractivity contribution >= 4 is 17.9 Å². The Bertz CT molecular complexity index is 1220. The molecule has 0 aromatic rings. The van der Waals surface area contributed by atoms with Gasteiger partial charge in [0.1, 0.15) is 13.2 Å². The average Bonchev–Trinajstić information content (AvgIpc) is 3.39. The van der Waals surface area contributed by atoms with Gasteiger partial charge in [0, 0.05) is 19.3 Å². The molecule has 0 saturated heterocycles. The second-order valence-electron chi connectivity index (χ2n) is 22.0. The Morgan fingerprint density at radius 1 is 0.274 bits per heavy atom. The second-order valence-corrected chi connectivity index (χ2v) is 22.0. The van der Waals surface area contributed by atoms with Crippen LogP contribution in [0.2, 0.25) is 0 Å². The molecule has 0 amide bonds. The third-order valence-corrected chi connectivity index (χ3v) is 14.6. The summed E-state index contributed by atoms with van der Waals surface area (Å²) < 4.78 is 16.9. The first-order valence-corrected chi connectivity index (χ1v) is 32.5. The maximum Gasteiger partial charge on any atom is 0.306 e. The molecule has 0 aromatic carbocycles. The molecule has 0 saturated carbocycles. The molecule has 0 heterocycles. The number of carbonyl (C=O) groups excluding carboxylic acids is 3. The van der Waals surface area contributed by atoms with Gasteiger partial charge in [0.2, 0.25) is 0 Å². The van der Waals surface area contributed by atoms with Gasteiger partial charge in [-0.2, -0.15) is 0 Å². The van der Waals surface area contributed by atoms with Gasteiger partial charge in [0.05, 0.1) is 0 Å². The van der Waals surface area contributed by atoms with Crippen molar-refractivity contribution < 1.29 is 28.6 Å². The van der Waals surface area contributed by atoms with Crippen LogP contribution in [0.3, 0.4) is 0 Å². The molecule has 0 aliphatic carbocycles. The van der Waals surface area contributed by atoms with Gasteiger partial charge in [-0.15, -0.1) is 0 Å². The standard InChI is InChI=1S/C67H124O6/c1-4-7-10-13-16-19-22-25-28-29-30-31-32-33-34-35-36-37-40-42-45-48-51-54-57-60-66(69)72-63-64(73-67(70)61-58-55-52-49-46-43-39-27-24-21-18-15-12-9-6-3)62-71-65(68)59-56-53-50-47-44-41-38-26-23-20-17-14-11-8-5-2/h18,21,26-27,38-39,64H,4-17,19-20,22-25,28-37,40-63H2,1-3H3/b21-18-,38-26-,39-27-. The van der Waals surface area contributed by atoms with Crippen LogP contribution in [-0.2, 0) is 28.6 Å². The highest BCUT2D eigenvalue weighted by Gasteiger charge is 2.19. The molecule has 73 heavy (non-hydrogen) atoms. The van der Waals surface area contributed by atoms with Crippen LogP contribution in [0.5, 0.6) is 0 Å². The first-order valence-electron chi connectivity index (χ1n) is 32.5. The molecule has 6 heteroatoms. The van der Waals surface area contributed by atoms with Gasteiger partial charge in [-0.05, 0) is 77.0 Å². The summed E-state index contributed by atoms with van der Waals surface area (Å²) in [6.45, 7) is 6.65. The van der Waals surface area contributed by atoms with Crippen LogP contribution < -0.4 is 0 Å². The minimum atomic E-state index is -0.781. The third kappa shape index (κ3) is 60.4. The van der Waals surface area contributed by atoms with E-state index in [1.54, 1.807) is 0 Å². The fourth-order valence-corrected chi connectivity index (χ4v) is 9.71. The zero-order valence-electron chi connectivity index (χ0n) is 49.2. The molecule has 0 aliphatic rings. The van der Waals surface area contributed by atoms with Gasteiger partial charge in [0.15, 0.2) is 6.10 Å². The molecule has 0 rings (SSSR count). The maximum atomic E-state index is 12.9. The van der Waals surface area contributed by atoms with Crippen LogP contribution in [0.1, 0.15) is 355 Å². The Hall–Kier alpha value is -2.37. The molecule has 0 fully saturated rings. The lowest BCUT2D eigenvalue weighted by atomic mass is 10.0. The van der Waals surface area contributed by atoms with E-state index >= 15 is 0 Å². The number of carbonyl (C=O) groups is 3. The molecule has 0 bridgehead atoms. The fraction of sp³-hybridized carbons (Fsp3) is 0.866. The van der Waals surface area contributed by atoms with Crippen LogP contribution in [0.25, 0.3) is 0 Å². The van der Waals surface area contributed by atoms with Crippen LogP contribution >= 0.6 is 0 Å². The Morgan fingerprint density at radius 2 is 0.493 bits per heavy atom. The minimum absolute atomic E-state index is 0.0765. The quantitative estimate of drug-likeness (QED) is 0.0261. The number of hydrogen-bond donors (Lipinski definition) is 0. The number of hydrogen-bond acceptors (Lipinski definition) is 6. The van der Waals surface area contributed by atoms with Crippen LogP contribution in [0, 0.1) is 0 Å². The molecule has 1 unspecified atom stereocenters. The van der Waals surface area contributed by atoms with E-state index in [0.717, 1.165) is 89.9 Å². The first-order chi connectivity index (χ1) is 36.0. The summed E-state index contributed by atoms with van der Waals surface area (Å²) >= 11 is 0. The molecule has 428 valence electrons. The summed E-state index contributed by atoms with van der Waals surface area (Å²) in [5, 5.41) is 0. The molecule has 0 N–H and O–H groups in total. The Kier molecular flexibility index (Phi) is 60.2. The summed E-state index contributed by atoms with van der Waals surface area (Å²) in [6, 6.07) is 0. The fourth-order valence-electron chi connectivity index (χ4n) is 9.71. The van der Waals surface area contributed by atoms with Gasteiger partial charge < -0.3 is 14.2 Å². The lowest BCUT2D eigenvalue weighted by Gasteiger charge is -2.18. The number of unbranched alkanes of at least 4 members (excludes halogenated alkanes) is 43. The molecule has 0 radical (unpaired) electrons. The van der Waals surface area contributed by atoms with E-state index in [0.29, 0.717) is 19.3 Å². The normalized spacial score (nSPS) is 12.2. The predicted octanol–water partition coefficient (Wildman–Crippen LogP) is 22.0. The average molecular weight is 1030 g/mol. The summed E-state index contributed by atoms with van der Waals surface area (Å²) in [6.07, 6.45) is 75.9. The summed E-state index contributed by atoms with van der Waals surface area (Å²) in [4.78, 5) is 38.3. The highest BCUT2D eigenvalue weighted by Crippen LogP contribution is 2.18. The van der Waals surface area contributed by atoms with Crippen molar-refractivity contribution in [1.29, 1.82) is 0 Å².